The summed E-state index contributed by atoms with van der Waals surface area (Å²) in [6, 6.07) is -0.426. The topological polar surface area (TPSA) is 150 Å². The molecule has 0 spiro atoms. The number of nitrogens with two attached hydrogens (primary N) is 1. The molecule has 10 nitrogen and oxygen atoms in total. The predicted octanol–water partition coefficient (Wildman–Crippen LogP) is -3.90. The van der Waals surface area contributed by atoms with Gasteiger partial charge in [-0.25, -0.2) is 17.5 Å². The molecule has 0 aliphatic carbocycles. The third-order valence-electron chi connectivity index (χ3n) is 3.69. The third-order valence-corrected chi connectivity index (χ3v) is 5.41. The molecule has 24 heavy (non-hydrogen) atoms. The summed E-state index contributed by atoms with van der Waals surface area (Å²) in [6.07, 6.45) is -0.899. The maximum Gasteiger partial charge on any atom is 1.00 e. The zero-order valence-corrected chi connectivity index (χ0v) is 16.0. The summed E-state index contributed by atoms with van der Waals surface area (Å²) >= 11 is 0.979. The third kappa shape index (κ3) is 3.05. The van der Waals surface area contributed by atoms with Gasteiger partial charge in [-0.1, -0.05) is 0 Å². The van der Waals surface area contributed by atoms with E-state index in [0.29, 0.717) is 0 Å². The van der Waals surface area contributed by atoms with E-state index < -0.39 is 40.3 Å². The molecule has 124 valence electrons. The van der Waals surface area contributed by atoms with Crippen LogP contribution in [0.2, 0.25) is 0 Å². The Morgan fingerprint density at radius 2 is 2.08 bits per heavy atom. The molecule has 2 aliphatic rings. The molecule has 0 unspecified atom stereocenters. The quantitative estimate of drug-likeness (QED) is 0.318. The van der Waals surface area contributed by atoms with E-state index in [4.69, 9.17) is 10.5 Å². The number of fused-ring (bicyclic) bond motifs is 1. The number of carbonyl (C=O) groups excluding carboxylic acids is 3. The van der Waals surface area contributed by atoms with Crippen LogP contribution in [0.25, 0.3) is 0 Å². The Morgan fingerprint density at radius 1 is 1.42 bits per heavy atom. The first-order chi connectivity index (χ1) is 10.7. The van der Waals surface area contributed by atoms with Crippen molar-refractivity contribution in [1.29, 1.82) is 0 Å². The molecule has 3 amide bonds. The number of hydrogen-bond acceptors (Lipinski definition) is 8. The number of rotatable bonds is 3. The van der Waals surface area contributed by atoms with Gasteiger partial charge in [-0.05, 0) is 17.9 Å². The predicted molar refractivity (Wildman–Crippen MR) is 74.3 cm³/mol. The largest absolute Gasteiger partial charge is 1.00 e. The molecule has 0 saturated carbocycles. The summed E-state index contributed by atoms with van der Waals surface area (Å²) in [6.45, 7) is 0.109. The fourth-order valence-electron chi connectivity index (χ4n) is 2.81. The molecule has 0 bridgehead atoms. The second-order valence-electron chi connectivity index (χ2n) is 4.93. The average Bonchev–Trinajstić information content (AvgIpc) is 2.99. The molecule has 3 heterocycles. The maximum absolute atomic E-state index is 12.5. The summed E-state index contributed by atoms with van der Waals surface area (Å²) in [5.74, 6) is -1.52. The van der Waals surface area contributed by atoms with Crippen LogP contribution in [0.4, 0.5) is 4.79 Å². The van der Waals surface area contributed by atoms with Crippen molar-refractivity contribution in [3.8, 4) is 5.06 Å². The van der Waals surface area contributed by atoms with Crippen LogP contribution in [-0.2, 0) is 15.1 Å². The number of amides is 3. The van der Waals surface area contributed by atoms with Crippen molar-refractivity contribution in [2.45, 2.75) is 18.5 Å². The van der Waals surface area contributed by atoms with Crippen molar-refractivity contribution < 1.29 is 61.6 Å². The molecule has 3 rings (SSSR count). The molecule has 0 radical (unpaired) electrons. The van der Waals surface area contributed by atoms with E-state index in [0.717, 1.165) is 11.3 Å². The second kappa shape index (κ2) is 6.61. The number of likely N-dealkylation sites (tertiary alicyclic amines) is 1. The fraction of sp³-hybridized carbons (Fsp3) is 0.364. The zero-order chi connectivity index (χ0) is 16.9. The molecular weight excluding hydrogens is 373 g/mol. The van der Waals surface area contributed by atoms with Gasteiger partial charge in [0.2, 0.25) is 0 Å². The number of nitrogens with zero attached hydrogens (tertiary/aromatic N) is 2. The maximum atomic E-state index is 12.5. The Bertz CT molecular complexity index is 808. The Kier molecular flexibility index (Phi) is 5.28. The Balaban J connectivity index is 0.00000208. The van der Waals surface area contributed by atoms with E-state index in [1.54, 1.807) is 0 Å². The number of β-lactam (4-membered cyclic amide) rings is 1. The van der Waals surface area contributed by atoms with Crippen LogP contribution in [0.1, 0.15) is 16.8 Å². The average molecular weight is 383 g/mol. The van der Waals surface area contributed by atoms with Gasteiger partial charge in [0, 0.05) is 6.54 Å². The van der Waals surface area contributed by atoms with Crippen LogP contribution < -0.4 is 40.0 Å². The van der Waals surface area contributed by atoms with Crippen LogP contribution >= 0.6 is 11.3 Å². The van der Waals surface area contributed by atoms with E-state index in [-0.39, 0.29) is 57.5 Å². The number of carbonyl (C=O) groups is 3. The van der Waals surface area contributed by atoms with Gasteiger partial charge in [-0.3, -0.25) is 9.59 Å². The van der Waals surface area contributed by atoms with Gasteiger partial charge in [0.05, 0.1) is 11.6 Å². The number of primary amides is 1. The van der Waals surface area contributed by atoms with E-state index in [1.165, 1.54) is 16.3 Å². The number of thiophene rings is 1. The van der Waals surface area contributed by atoms with Crippen molar-refractivity contribution in [3.05, 3.63) is 17.0 Å². The summed E-state index contributed by atoms with van der Waals surface area (Å²) in [5, 5.41) is 1.50. The van der Waals surface area contributed by atoms with Gasteiger partial charge in [0.15, 0.2) is 15.4 Å². The van der Waals surface area contributed by atoms with Crippen LogP contribution in [0, 0.1) is 0 Å². The van der Waals surface area contributed by atoms with Gasteiger partial charge in [-0.2, -0.15) is 0 Å². The van der Waals surface area contributed by atoms with E-state index in [9.17, 15) is 27.4 Å². The smallest absolute Gasteiger partial charge is 0.731 e. The van der Waals surface area contributed by atoms with Crippen molar-refractivity contribution in [3.63, 3.8) is 0 Å². The van der Waals surface area contributed by atoms with Gasteiger partial charge < -0.3 is 19.9 Å². The number of hydrogen-bond donors (Lipinski definition) is 1. The SMILES string of the molecule is NC(=O)Oc1sccc1C(=O)N1CC[C@@H]2[C@H]1C(=O)N2S(=O)(=O)[O-].[Na+]. The summed E-state index contributed by atoms with van der Waals surface area (Å²) in [7, 11) is -4.88. The number of ether oxygens (including phenoxy) is 1. The minimum Gasteiger partial charge on any atom is -0.731 e. The molecular formula is C11H10N3NaO7S2. The fourth-order valence-corrected chi connectivity index (χ4v) is 4.44. The van der Waals surface area contributed by atoms with Crippen LogP contribution in [0.5, 0.6) is 5.06 Å². The minimum absolute atomic E-state index is 0. The summed E-state index contributed by atoms with van der Waals surface area (Å²) in [4.78, 5) is 36.4. The molecule has 2 saturated heterocycles. The second-order valence-corrected chi connectivity index (χ2v) is 7.06. The molecule has 13 heteroatoms. The monoisotopic (exact) mass is 383 g/mol. The van der Waals surface area contributed by atoms with Gasteiger partial charge >= 0.3 is 35.7 Å². The molecule has 1 aromatic rings. The first-order valence-electron chi connectivity index (χ1n) is 6.36. The van der Waals surface area contributed by atoms with Crippen molar-refractivity contribution >= 4 is 39.5 Å². The van der Waals surface area contributed by atoms with Gasteiger partial charge in [-0.15, -0.1) is 11.3 Å². The van der Waals surface area contributed by atoms with Crippen molar-refractivity contribution in [1.82, 2.24) is 9.21 Å². The Morgan fingerprint density at radius 3 is 2.67 bits per heavy atom. The standard InChI is InChI=1S/C11H11N3O7S2.Na/c12-11(17)21-10-5(2-4-22-10)8(15)13-3-1-6-7(13)9(16)14(6)23(18,19)20;/h2,4,6-7H,1,3H2,(H2,12,17)(H,18,19,20);/q;+1/p-1/t6-,7+;/m1./s1. The first kappa shape index (κ1) is 19.1. The van der Waals surface area contributed by atoms with E-state index >= 15 is 0 Å². The van der Waals surface area contributed by atoms with Crippen LogP contribution in [0.15, 0.2) is 11.4 Å². The zero-order valence-electron chi connectivity index (χ0n) is 12.4. The molecule has 0 aromatic carbocycles. The van der Waals surface area contributed by atoms with Gasteiger partial charge in [0.1, 0.15) is 6.04 Å². The van der Waals surface area contributed by atoms with Gasteiger partial charge in [0.25, 0.3) is 11.8 Å². The van der Waals surface area contributed by atoms with Crippen molar-refractivity contribution in [2.75, 3.05) is 6.54 Å². The molecule has 2 aliphatic heterocycles. The Hall–Kier alpha value is -1.18. The Labute approximate surface area is 162 Å². The molecule has 2 atom stereocenters. The van der Waals surface area contributed by atoms with Crippen LogP contribution in [0.3, 0.4) is 0 Å². The minimum atomic E-state index is -4.88. The van der Waals surface area contributed by atoms with E-state index in [1.807, 2.05) is 0 Å². The first-order valence-corrected chi connectivity index (χ1v) is 8.61. The van der Waals surface area contributed by atoms with E-state index in [2.05, 4.69) is 0 Å². The molecule has 2 N–H and O–H groups in total. The molecule has 2 fully saturated rings. The summed E-state index contributed by atoms with van der Waals surface area (Å²) < 4.78 is 38.1. The van der Waals surface area contributed by atoms with Crippen molar-refractivity contribution in [2.24, 2.45) is 5.73 Å². The summed E-state index contributed by atoms with van der Waals surface area (Å²) in [5.41, 5.74) is 4.96. The van der Waals surface area contributed by atoms with Crippen LogP contribution in [-0.4, -0.2) is 58.7 Å². The molecule has 1 aromatic heterocycles. The normalized spacial score (nSPS) is 22.5.